The quantitative estimate of drug-likeness (QED) is 0.474. The van der Waals surface area contributed by atoms with Gasteiger partial charge < -0.3 is 25.2 Å². The van der Waals surface area contributed by atoms with Gasteiger partial charge in [0.2, 0.25) is 5.95 Å². The van der Waals surface area contributed by atoms with Crippen molar-refractivity contribution in [1.82, 2.24) is 19.9 Å². The molecule has 1 saturated heterocycles. The van der Waals surface area contributed by atoms with Crippen LogP contribution < -0.4 is 25.2 Å². The smallest absolute Gasteiger partial charge is 0.266 e. The number of aromatic nitrogens is 3. The molecule has 37 heavy (non-hydrogen) atoms. The number of aryl methyl sites for hydroxylation is 1. The largest absolute Gasteiger partial charge is 0.480 e. The minimum Gasteiger partial charge on any atom is -0.480 e. The molecule has 2 aromatic heterocycles. The second kappa shape index (κ2) is 11.0. The van der Waals surface area contributed by atoms with Crippen LogP contribution in [-0.4, -0.2) is 71.6 Å². The molecule has 194 valence electrons. The Labute approximate surface area is 217 Å². The maximum Gasteiger partial charge on any atom is 0.266 e. The zero-order valence-electron chi connectivity index (χ0n) is 21.7. The van der Waals surface area contributed by atoms with E-state index in [1.807, 2.05) is 26.0 Å². The summed E-state index contributed by atoms with van der Waals surface area (Å²) in [5.74, 6) is 2.76. The van der Waals surface area contributed by atoms with Crippen molar-refractivity contribution in [2.75, 3.05) is 66.3 Å². The van der Waals surface area contributed by atoms with E-state index >= 15 is 0 Å². The van der Waals surface area contributed by atoms with E-state index in [0.717, 1.165) is 50.4 Å². The number of hydrogen-bond acceptors (Lipinski definition) is 9. The molecular formula is C27H34N8O2. The molecule has 0 aliphatic carbocycles. The van der Waals surface area contributed by atoms with Crippen molar-refractivity contribution in [1.29, 1.82) is 0 Å². The normalized spacial score (nSPS) is 15.8. The summed E-state index contributed by atoms with van der Waals surface area (Å²) in [6.07, 6.45) is 2.61. The third kappa shape index (κ3) is 5.59. The van der Waals surface area contributed by atoms with Gasteiger partial charge in [-0.05, 0) is 56.3 Å². The number of piperazine rings is 1. The summed E-state index contributed by atoms with van der Waals surface area (Å²) in [5.41, 5.74) is 3.03. The summed E-state index contributed by atoms with van der Waals surface area (Å²) < 4.78 is 5.56. The van der Waals surface area contributed by atoms with Crippen LogP contribution in [0.15, 0.2) is 42.6 Å². The van der Waals surface area contributed by atoms with Gasteiger partial charge in [0.15, 0.2) is 18.2 Å². The molecule has 10 heteroatoms. The van der Waals surface area contributed by atoms with Gasteiger partial charge in [-0.25, -0.2) is 9.97 Å². The maximum atomic E-state index is 12.3. The fraction of sp³-hybridized carbons (Fsp3) is 0.407. The Morgan fingerprint density at radius 1 is 0.973 bits per heavy atom. The van der Waals surface area contributed by atoms with Crippen molar-refractivity contribution in [2.45, 2.75) is 27.2 Å². The van der Waals surface area contributed by atoms with Gasteiger partial charge in [0.1, 0.15) is 11.6 Å². The van der Waals surface area contributed by atoms with Crippen molar-refractivity contribution < 1.29 is 9.53 Å². The SMILES string of the molecule is CCCN1C(=O)COc2ccc(Nc3nc(Nc4ccc(N5CCN(CC)CC5)cc4)ncc3C)nc21. The molecular weight excluding hydrogens is 468 g/mol. The van der Waals surface area contributed by atoms with Crippen molar-refractivity contribution in [2.24, 2.45) is 0 Å². The minimum absolute atomic E-state index is 0.0397. The van der Waals surface area contributed by atoms with Gasteiger partial charge in [0.25, 0.3) is 5.91 Å². The van der Waals surface area contributed by atoms with Gasteiger partial charge >= 0.3 is 0 Å². The molecule has 0 atom stereocenters. The first-order valence-corrected chi connectivity index (χ1v) is 12.9. The van der Waals surface area contributed by atoms with Crippen LogP contribution in [0.25, 0.3) is 0 Å². The number of carbonyl (C=O) groups excluding carboxylic acids is 1. The number of ether oxygens (including phenoxy) is 1. The molecule has 10 nitrogen and oxygen atoms in total. The Balaban J connectivity index is 1.28. The number of hydrogen-bond donors (Lipinski definition) is 2. The van der Waals surface area contributed by atoms with Crippen LogP contribution in [0.3, 0.4) is 0 Å². The van der Waals surface area contributed by atoms with Crippen molar-refractivity contribution in [3.63, 3.8) is 0 Å². The van der Waals surface area contributed by atoms with Crippen molar-refractivity contribution in [3.8, 4) is 5.75 Å². The minimum atomic E-state index is -0.0852. The van der Waals surface area contributed by atoms with Crippen LogP contribution >= 0.6 is 0 Å². The van der Waals surface area contributed by atoms with Crippen molar-refractivity contribution >= 4 is 40.7 Å². The van der Waals surface area contributed by atoms with Crippen LogP contribution in [0, 0.1) is 6.92 Å². The lowest BCUT2D eigenvalue weighted by molar-refractivity contribution is -0.121. The number of anilines is 6. The number of amides is 1. The number of fused-ring (bicyclic) bond motifs is 1. The maximum absolute atomic E-state index is 12.3. The van der Waals surface area contributed by atoms with Gasteiger partial charge in [-0.3, -0.25) is 9.69 Å². The molecule has 3 aromatic rings. The molecule has 0 saturated carbocycles. The first kappa shape index (κ1) is 24.8. The van der Waals surface area contributed by atoms with Crippen LogP contribution in [0.4, 0.5) is 34.8 Å². The predicted molar refractivity (Wildman–Crippen MR) is 146 cm³/mol. The summed E-state index contributed by atoms with van der Waals surface area (Å²) in [6.45, 7) is 12.2. The fourth-order valence-electron chi connectivity index (χ4n) is 4.56. The van der Waals surface area contributed by atoms with Gasteiger partial charge in [0.05, 0.1) is 0 Å². The fourth-order valence-corrected chi connectivity index (χ4v) is 4.56. The third-order valence-corrected chi connectivity index (χ3v) is 6.72. The molecule has 2 N–H and O–H groups in total. The lowest BCUT2D eigenvalue weighted by atomic mass is 10.2. The third-order valence-electron chi connectivity index (χ3n) is 6.72. The first-order chi connectivity index (χ1) is 18.0. The predicted octanol–water partition coefficient (Wildman–Crippen LogP) is 3.94. The number of pyridine rings is 1. The van der Waals surface area contributed by atoms with Gasteiger partial charge in [-0.1, -0.05) is 13.8 Å². The average Bonchev–Trinajstić information content (AvgIpc) is 2.93. The van der Waals surface area contributed by atoms with Gasteiger partial charge in [-0.15, -0.1) is 0 Å². The lowest BCUT2D eigenvalue weighted by Gasteiger charge is -2.35. The summed E-state index contributed by atoms with van der Waals surface area (Å²) in [4.78, 5) is 32.7. The number of rotatable bonds is 8. The highest BCUT2D eigenvalue weighted by Crippen LogP contribution is 2.32. The second-order valence-electron chi connectivity index (χ2n) is 9.30. The number of carbonyl (C=O) groups is 1. The Morgan fingerprint density at radius 2 is 1.76 bits per heavy atom. The monoisotopic (exact) mass is 502 g/mol. The molecule has 4 heterocycles. The zero-order chi connectivity index (χ0) is 25.8. The first-order valence-electron chi connectivity index (χ1n) is 12.9. The molecule has 0 spiro atoms. The summed E-state index contributed by atoms with van der Waals surface area (Å²) in [6, 6.07) is 12.1. The van der Waals surface area contributed by atoms with Gasteiger partial charge in [-0.2, -0.15) is 4.98 Å². The summed E-state index contributed by atoms with van der Waals surface area (Å²) in [5, 5.41) is 6.58. The molecule has 0 radical (unpaired) electrons. The zero-order valence-corrected chi connectivity index (χ0v) is 21.7. The molecule has 1 aromatic carbocycles. The van der Waals surface area contributed by atoms with E-state index in [9.17, 15) is 4.79 Å². The Bertz CT molecular complexity index is 1240. The van der Waals surface area contributed by atoms with E-state index in [-0.39, 0.29) is 12.5 Å². The van der Waals surface area contributed by atoms with E-state index in [0.29, 0.717) is 35.7 Å². The van der Waals surface area contributed by atoms with E-state index in [1.165, 1.54) is 5.69 Å². The van der Waals surface area contributed by atoms with Crippen LogP contribution in [0.1, 0.15) is 25.8 Å². The number of likely N-dealkylation sites (N-methyl/N-ethyl adjacent to an activating group) is 1. The standard InChI is InChI=1S/C27H34N8O2/c1-4-12-35-24(36)18-37-22-10-11-23(31-26(22)35)30-25-19(3)17-28-27(32-25)29-20-6-8-21(9-7-20)34-15-13-33(5-2)14-16-34/h6-11,17H,4-5,12-16,18H2,1-3H3,(H2,28,29,30,31,32). The molecule has 1 fully saturated rings. The molecule has 1 amide bonds. The number of nitrogens with one attached hydrogen (secondary N) is 2. The Hall–Kier alpha value is -3.92. The molecule has 5 rings (SSSR count). The molecule has 0 unspecified atom stereocenters. The highest BCUT2D eigenvalue weighted by atomic mass is 16.5. The van der Waals surface area contributed by atoms with E-state index in [1.54, 1.807) is 11.1 Å². The summed E-state index contributed by atoms with van der Waals surface area (Å²) in [7, 11) is 0. The van der Waals surface area contributed by atoms with E-state index < -0.39 is 0 Å². The van der Waals surface area contributed by atoms with E-state index in [4.69, 9.17) is 4.74 Å². The summed E-state index contributed by atoms with van der Waals surface area (Å²) >= 11 is 0. The second-order valence-corrected chi connectivity index (χ2v) is 9.30. The Kier molecular flexibility index (Phi) is 7.36. The lowest BCUT2D eigenvalue weighted by Crippen LogP contribution is -2.46. The van der Waals surface area contributed by atoms with Crippen LogP contribution in [0.5, 0.6) is 5.75 Å². The average molecular weight is 503 g/mol. The molecule has 0 bridgehead atoms. The molecule has 2 aliphatic heterocycles. The number of nitrogens with zero attached hydrogens (tertiary/aromatic N) is 6. The van der Waals surface area contributed by atoms with Crippen molar-refractivity contribution in [3.05, 3.63) is 48.2 Å². The highest BCUT2D eigenvalue weighted by molar-refractivity contribution is 5.96. The number of benzene rings is 1. The Morgan fingerprint density at radius 3 is 2.49 bits per heavy atom. The topological polar surface area (TPSA) is 98.7 Å². The van der Waals surface area contributed by atoms with E-state index in [2.05, 4.69) is 66.6 Å². The molecule has 2 aliphatic rings. The van der Waals surface area contributed by atoms with Crippen LogP contribution in [-0.2, 0) is 4.79 Å². The highest BCUT2D eigenvalue weighted by Gasteiger charge is 2.26. The van der Waals surface area contributed by atoms with Crippen LogP contribution in [0.2, 0.25) is 0 Å². The van der Waals surface area contributed by atoms with Gasteiger partial charge in [0, 0.05) is 55.9 Å².